The molecular formula is C40H36BCl2F6N2O2Zr. The van der Waals surface area contributed by atoms with E-state index >= 15 is 0 Å². The van der Waals surface area contributed by atoms with Crippen LogP contribution in [0.15, 0.2) is 96.1 Å². The number of hydrogen-bond acceptors (Lipinski definition) is 2. The second-order valence-electron chi connectivity index (χ2n) is 13.7. The first-order valence-electron chi connectivity index (χ1n) is 17.6. The molecule has 0 aliphatic heterocycles. The van der Waals surface area contributed by atoms with Gasteiger partial charge in [0.1, 0.15) is 0 Å². The molecule has 2 aliphatic rings. The summed E-state index contributed by atoms with van der Waals surface area (Å²) in [6.07, 6.45) is -2.78. The third-order valence-electron chi connectivity index (χ3n) is 10.5. The molecule has 0 fully saturated rings. The molecule has 0 radical (unpaired) electrons. The van der Waals surface area contributed by atoms with Gasteiger partial charge in [0.05, 0.1) is 0 Å². The SMILES string of the molecule is CCCC1=Cc2c(-c3ccccc3C(F)(F)F)cccc2[CH]1[Zr]([Cl])([Cl])([B](NC=O)NC=O)[CH]1C(CCC)=Cc2c(-c3ccccc3C(F)(F)F)cccc21. The van der Waals surface area contributed by atoms with E-state index in [9.17, 15) is 35.9 Å². The summed E-state index contributed by atoms with van der Waals surface area (Å²) in [7, 11) is 16.7. The second-order valence-corrected chi connectivity index (χ2v) is 35.1. The molecule has 0 heterocycles. The van der Waals surface area contributed by atoms with E-state index in [0.29, 0.717) is 71.9 Å². The van der Waals surface area contributed by atoms with Crippen molar-refractivity contribution in [1.29, 1.82) is 0 Å². The van der Waals surface area contributed by atoms with Crippen molar-refractivity contribution >= 4 is 46.5 Å². The number of hydrogen-bond donors (Lipinski definition) is 2. The summed E-state index contributed by atoms with van der Waals surface area (Å²) >= 11 is -6.33. The van der Waals surface area contributed by atoms with Crippen molar-refractivity contribution in [3.05, 3.63) is 129 Å². The Morgan fingerprint density at radius 3 is 1.33 bits per heavy atom. The van der Waals surface area contributed by atoms with Crippen molar-refractivity contribution in [3.8, 4) is 22.3 Å². The Bertz CT molecular complexity index is 2020. The first-order valence-corrected chi connectivity index (χ1v) is 28.2. The zero-order valence-electron chi connectivity index (χ0n) is 29.3. The summed E-state index contributed by atoms with van der Waals surface area (Å²) in [5.41, 5.74) is 2.47. The average molecular weight is 864 g/mol. The van der Waals surface area contributed by atoms with E-state index in [0.717, 1.165) is 23.3 Å². The van der Waals surface area contributed by atoms with Crippen molar-refractivity contribution in [1.82, 2.24) is 10.5 Å². The van der Waals surface area contributed by atoms with Crippen molar-refractivity contribution in [3.63, 3.8) is 0 Å². The van der Waals surface area contributed by atoms with Gasteiger partial charge in [0, 0.05) is 0 Å². The molecule has 0 saturated carbocycles. The van der Waals surface area contributed by atoms with E-state index < -0.39 is 51.4 Å². The zero-order chi connectivity index (χ0) is 39.1. The summed E-state index contributed by atoms with van der Waals surface area (Å²) in [4.78, 5) is 24.7. The van der Waals surface area contributed by atoms with Gasteiger partial charge in [0.25, 0.3) is 0 Å². The van der Waals surface area contributed by atoms with Crippen LogP contribution in [-0.4, -0.2) is 17.3 Å². The minimum atomic E-state index is -6.33. The fraction of sp³-hybridized carbons (Fsp3) is 0.250. The van der Waals surface area contributed by atoms with Crippen molar-refractivity contribution < 1.29 is 52.1 Å². The zero-order valence-corrected chi connectivity index (χ0v) is 33.3. The van der Waals surface area contributed by atoms with E-state index in [1.54, 1.807) is 36.4 Å². The number of amides is 2. The third kappa shape index (κ3) is 6.81. The normalized spacial score (nSPS) is 17.4. The molecule has 2 amide bonds. The topological polar surface area (TPSA) is 58.2 Å². The number of carbonyl (C=O) groups excluding carboxylic acids is 2. The number of rotatable bonds is 13. The van der Waals surface area contributed by atoms with Crippen LogP contribution < -0.4 is 10.5 Å². The molecule has 4 nitrogen and oxygen atoms in total. The van der Waals surface area contributed by atoms with E-state index in [1.807, 2.05) is 26.0 Å². The van der Waals surface area contributed by atoms with E-state index in [4.69, 9.17) is 17.0 Å². The number of benzene rings is 4. The van der Waals surface area contributed by atoms with Gasteiger partial charge in [-0.2, -0.15) is 0 Å². The molecular weight excluding hydrogens is 827 g/mol. The van der Waals surface area contributed by atoms with Gasteiger partial charge in [0.15, 0.2) is 0 Å². The van der Waals surface area contributed by atoms with Crippen molar-refractivity contribution in [2.45, 2.75) is 59.1 Å². The summed E-state index contributed by atoms with van der Waals surface area (Å²) < 4.78 is 83.3. The summed E-state index contributed by atoms with van der Waals surface area (Å²) in [5, 5.41) is 5.42. The van der Waals surface area contributed by atoms with Gasteiger partial charge >= 0.3 is 320 Å². The van der Waals surface area contributed by atoms with Crippen LogP contribution in [0.25, 0.3) is 34.4 Å². The number of carbonyl (C=O) groups is 2. The van der Waals surface area contributed by atoms with Gasteiger partial charge < -0.3 is 0 Å². The maximum absolute atomic E-state index is 14.4. The van der Waals surface area contributed by atoms with E-state index in [-0.39, 0.29) is 11.1 Å². The van der Waals surface area contributed by atoms with Gasteiger partial charge in [0.2, 0.25) is 0 Å². The molecule has 14 heteroatoms. The molecule has 2 atom stereocenters. The Hall–Kier alpha value is -3.59. The van der Waals surface area contributed by atoms with Crippen LogP contribution >= 0.6 is 17.0 Å². The Labute approximate surface area is 318 Å². The Balaban J connectivity index is 1.68. The fourth-order valence-electron chi connectivity index (χ4n) is 8.64. The van der Waals surface area contributed by atoms with E-state index in [2.05, 4.69) is 10.5 Å². The number of allylic oxidation sites excluding steroid dienone is 2. The van der Waals surface area contributed by atoms with Gasteiger partial charge in [-0.05, 0) is 0 Å². The number of alkyl halides is 6. The summed E-state index contributed by atoms with van der Waals surface area (Å²) in [5.74, 6) is 0. The molecule has 0 saturated heterocycles. The van der Waals surface area contributed by atoms with Crippen LogP contribution in [0, 0.1) is 0 Å². The van der Waals surface area contributed by atoms with Gasteiger partial charge in [-0.1, -0.05) is 0 Å². The Morgan fingerprint density at radius 2 is 0.981 bits per heavy atom. The summed E-state index contributed by atoms with van der Waals surface area (Å²) in [6.45, 7) is 3.88. The van der Waals surface area contributed by atoms with Gasteiger partial charge in [-0.15, -0.1) is 0 Å². The molecule has 0 bridgehead atoms. The Morgan fingerprint density at radius 1 is 0.611 bits per heavy atom. The summed E-state index contributed by atoms with van der Waals surface area (Å²) in [6, 6.07) is 20.6. The first-order chi connectivity index (χ1) is 25.6. The van der Waals surface area contributed by atoms with Crippen LogP contribution in [-0.2, 0) is 38.1 Å². The number of fused-ring (bicyclic) bond motifs is 2. The standard InChI is InChI=1S/2C19H16F3.C2H3BN2O2.2ClH.Zr/c2*1-2-6-13-11-14-7-5-9-15(17(14)12-13)16-8-3-4-10-18(16)19(20,21)22;6-1-4-3-5-2-7;;;/h2*3-5,7-12H,2,6H2,1H3;1-2H,(H-,4,5,6,7);2*1H;/q;;;;;+1/p-1. The molecule has 6 rings (SSSR count). The molecule has 2 aliphatic carbocycles. The van der Waals surface area contributed by atoms with Crippen LogP contribution in [0.4, 0.5) is 26.3 Å². The molecule has 281 valence electrons. The number of halogens is 8. The second kappa shape index (κ2) is 15.2. The molecule has 2 N–H and O–H groups in total. The Kier molecular flexibility index (Phi) is 11.2. The van der Waals surface area contributed by atoms with Crippen LogP contribution in [0.3, 0.4) is 0 Å². The minimum absolute atomic E-state index is 0.0344. The molecule has 0 spiro atoms. The average Bonchev–Trinajstić information content (AvgIpc) is 3.70. The van der Waals surface area contributed by atoms with Crippen LogP contribution in [0.5, 0.6) is 0 Å². The van der Waals surface area contributed by atoms with Gasteiger partial charge in [-0.3, -0.25) is 0 Å². The maximum atomic E-state index is 14.4. The van der Waals surface area contributed by atoms with Crippen LogP contribution in [0.1, 0.15) is 80.2 Å². The molecule has 4 aromatic carbocycles. The monoisotopic (exact) mass is 861 g/mol. The predicted octanol–water partition coefficient (Wildman–Crippen LogP) is 11.7. The number of nitrogens with one attached hydrogen (secondary N) is 2. The fourth-order valence-corrected chi connectivity index (χ4v) is 29.4. The molecule has 0 aromatic heterocycles. The predicted molar refractivity (Wildman–Crippen MR) is 201 cm³/mol. The van der Waals surface area contributed by atoms with Gasteiger partial charge in [-0.25, -0.2) is 0 Å². The van der Waals surface area contributed by atoms with Crippen LogP contribution in [0.2, 0.25) is 0 Å². The molecule has 4 aromatic rings. The first kappa shape index (κ1) is 40.1. The third-order valence-corrected chi connectivity index (χ3v) is 30.6. The molecule has 54 heavy (non-hydrogen) atoms. The molecule has 2 unspecified atom stereocenters. The van der Waals surface area contributed by atoms with Crippen molar-refractivity contribution in [2.75, 3.05) is 0 Å². The quantitative estimate of drug-likeness (QED) is 0.0799. The van der Waals surface area contributed by atoms with Crippen molar-refractivity contribution in [2.24, 2.45) is 0 Å². The van der Waals surface area contributed by atoms with E-state index in [1.165, 1.54) is 36.4 Å².